The largest absolute Gasteiger partial charge is 0.481 e. The molecule has 200 valence electrons. The van der Waals surface area contributed by atoms with E-state index in [0.29, 0.717) is 17.6 Å². The highest BCUT2D eigenvalue weighted by atomic mass is 16.5. The van der Waals surface area contributed by atoms with E-state index in [1.54, 1.807) is 5.57 Å². The van der Waals surface area contributed by atoms with Crippen molar-refractivity contribution in [3.8, 4) is 0 Å². The van der Waals surface area contributed by atoms with Crippen LogP contribution in [0.1, 0.15) is 119 Å². The molecule has 2 heterocycles. The van der Waals surface area contributed by atoms with Gasteiger partial charge >= 0.3 is 0 Å². The van der Waals surface area contributed by atoms with Gasteiger partial charge in [0.25, 0.3) is 5.97 Å². The highest BCUT2D eigenvalue weighted by Crippen LogP contribution is 2.65. The standard InChI is InChI=1S/C27H43NO.C2H4O2.C2H6/c1-17-12-25-24(28-16-17)15-27(29-25)11-9-20-21-8-7-19-6-4-5-10-26(19,3)23(21)13-22(20)18(2)14-27;1-2(3)4;1-2/h17,19-21,23-25,28H,4-16H2,1-3H3;1H3,(H,3,4);1-2H3/t17?,19-,20?,21-,23?,24-,25+,26-,27?;;/m0../s1. The summed E-state index contributed by atoms with van der Waals surface area (Å²) in [6.45, 7) is 13.8. The molecule has 6 aliphatic rings. The van der Waals surface area contributed by atoms with Crippen LogP contribution in [0.4, 0.5) is 0 Å². The zero-order valence-corrected chi connectivity index (χ0v) is 23.5. The van der Waals surface area contributed by atoms with Gasteiger partial charge in [0.15, 0.2) is 0 Å². The van der Waals surface area contributed by atoms with Crippen molar-refractivity contribution in [3.05, 3.63) is 11.1 Å². The van der Waals surface area contributed by atoms with E-state index in [1.165, 1.54) is 83.6 Å². The van der Waals surface area contributed by atoms with Crippen LogP contribution in [0.5, 0.6) is 0 Å². The molecule has 2 aliphatic heterocycles. The first-order valence-corrected chi connectivity index (χ1v) is 15.0. The Kier molecular flexibility index (Phi) is 8.43. The molecule has 6 rings (SSSR count). The summed E-state index contributed by atoms with van der Waals surface area (Å²) in [5.41, 5.74) is 4.44. The Morgan fingerprint density at radius 3 is 2.60 bits per heavy atom. The highest BCUT2D eigenvalue weighted by Gasteiger charge is 2.57. The number of aliphatic carboxylic acids is 1. The molecule has 4 unspecified atom stereocenters. The van der Waals surface area contributed by atoms with E-state index in [0.717, 1.165) is 36.5 Å². The molecule has 0 aromatic heterocycles. The lowest BCUT2D eigenvalue weighted by Gasteiger charge is -2.52. The molecule has 35 heavy (non-hydrogen) atoms. The maximum atomic E-state index is 9.00. The molecular formula is C31H53NO3. The van der Waals surface area contributed by atoms with Crippen LogP contribution in [0.25, 0.3) is 0 Å². The number of carboxylic acid groups (broad SMARTS) is 1. The highest BCUT2D eigenvalue weighted by molar-refractivity contribution is 5.62. The molecule has 2 N–H and O–H groups in total. The molecule has 0 radical (unpaired) electrons. The molecule has 4 heteroatoms. The number of hydrogen-bond donors (Lipinski definition) is 2. The van der Waals surface area contributed by atoms with E-state index in [-0.39, 0.29) is 5.60 Å². The van der Waals surface area contributed by atoms with E-state index in [4.69, 9.17) is 14.6 Å². The van der Waals surface area contributed by atoms with E-state index in [2.05, 4.69) is 26.1 Å². The quantitative estimate of drug-likeness (QED) is 0.350. The minimum atomic E-state index is -0.833. The van der Waals surface area contributed by atoms with Crippen LogP contribution < -0.4 is 5.32 Å². The lowest BCUT2D eigenvalue weighted by molar-refractivity contribution is -0.134. The first-order valence-electron chi connectivity index (χ1n) is 15.0. The van der Waals surface area contributed by atoms with Crippen LogP contribution in [0, 0.1) is 35.0 Å². The van der Waals surface area contributed by atoms with Crippen LogP contribution in [0.2, 0.25) is 0 Å². The topological polar surface area (TPSA) is 58.6 Å². The number of piperidine rings is 1. The van der Waals surface area contributed by atoms with Gasteiger partial charge in [0, 0.05) is 13.0 Å². The molecule has 0 aromatic rings. The number of fused-ring (bicyclic) bond motifs is 6. The van der Waals surface area contributed by atoms with Crippen LogP contribution in [0.3, 0.4) is 0 Å². The number of carbonyl (C=O) groups is 1. The van der Waals surface area contributed by atoms with Gasteiger partial charge in [0.2, 0.25) is 0 Å². The van der Waals surface area contributed by atoms with Crippen LogP contribution in [-0.2, 0) is 9.53 Å². The summed E-state index contributed by atoms with van der Waals surface area (Å²) in [6, 6.07) is 0.617. The molecule has 0 aromatic carbocycles. The number of rotatable bonds is 0. The summed E-state index contributed by atoms with van der Waals surface area (Å²) in [7, 11) is 0. The van der Waals surface area contributed by atoms with Gasteiger partial charge in [-0.15, -0.1) is 0 Å². The Balaban J connectivity index is 0.000000440. The summed E-state index contributed by atoms with van der Waals surface area (Å²) < 4.78 is 6.92. The van der Waals surface area contributed by atoms with Crippen molar-refractivity contribution in [1.29, 1.82) is 0 Å². The second kappa shape index (κ2) is 10.9. The lowest BCUT2D eigenvalue weighted by Crippen LogP contribution is -2.45. The average molecular weight is 488 g/mol. The van der Waals surface area contributed by atoms with Crippen LogP contribution in [0.15, 0.2) is 11.1 Å². The molecule has 5 fully saturated rings. The first-order chi connectivity index (χ1) is 16.7. The Morgan fingerprint density at radius 2 is 1.86 bits per heavy atom. The third-order valence-corrected chi connectivity index (χ3v) is 10.9. The molecule has 4 nitrogen and oxygen atoms in total. The minimum Gasteiger partial charge on any atom is -0.481 e. The van der Waals surface area contributed by atoms with E-state index in [9.17, 15) is 0 Å². The van der Waals surface area contributed by atoms with Crippen molar-refractivity contribution in [2.24, 2.45) is 35.0 Å². The van der Waals surface area contributed by atoms with Crippen molar-refractivity contribution < 1.29 is 14.6 Å². The number of carboxylic acids is 1. The molecule has 3 saturated carbocycles. The zero-order valence-electron chi connectivity index (χ0n) is 23.5. The fourth-order valence-electron chi connectivity index (χ4n) is 9.48. The summed E-state index contributed by atoms with van der Waals surface area (Å²) in [5.74, 6) is 3.82. The predicted octanol–water partition coefficient (Wildman–Crippen LogP) is 7.37. The van der Waals surface area contributed by atoms with Gasteiger partial charge < -0.3 is 15.2 Å². The molecule has 0 bridgehead atoms. The summed E-state index contributed by atoms with van der Waals surface area (Å²) in [6.07, 6.45) is 17.4. The van der Waals surface area contributed by atoms with Crippen LogP contribution in [-0.4, -0.2) is 35.4 Å². The van der Waals surface area contributed by atoms with Crippen molar-refractivity contribution in [3.63, 3.8) is 0 Å². The van der Waals surface area contributed by atoms with Gasteiger partial charge in [-0.2, -0.15) is 0 Å². The summed E-state index contributed by atoms with van der Waals surface area (Å²) in [4.78, 5) is 9.00. The molecule has 0 amide bonds. The molecule has 9 atom stereocenters. The van der Waals surface area contributed by atoms with Gasteiger partial charge in [-0.25, -0.2) is 0 Å². The number of hydrogen-bond acceptors (Lipinski definition) is 3. The lowest BCUT2D eigenvalue weighted by atomic mass is 9.52. The molecule has 1 spiro atoms. The normalized spacial score (nSPS) is 46.1. The van der Waals surface area contributed by atoms with Crippen molar-refractivity contribution in [2.75, 3.05) is 6.54 Å². The second-order valence-corrected chi connectivity index (χ2v) is 13.0. The van der Waals surface area contributed by atoms with Crippen molar-refractivity contribution in [2.45, 2.75) is 136 Å². The van der Waals surface area contributed by atoms with Crippen molar-refractivity contribution in [1.82, 2.24) is 5.32 Å². The minimum absolute atomic E-state index is 0.148. The maximum Gasteiger partial charge on any atom is 0.300 e. The first kappa shape index (κ1) is 27.2. The smallest absolute Gasteiger partial charge is 0.300 e. The van der Waals surface area contributed by atoms with Gasteiger partial charge in [-0.05, 0) is 113 Å². The summed E-state index contributed by atoms with van der Waals surface area (Å²) >= 11 is 0. The number of ether oxygens (including phenoxy) is 1. The maximum absolute atomic E-state index is 9.00. The Labute approximate surface area is 215 Å². The molecule has 2 saturated heterocycles. The van der Waals surface area contributed by atoms with Gasteiger partial charge in [0.1, 0.15) is 0 Å². The zero-order chi connectivity index (χ0) is 25.4. The molecule has 4 aliphatic carbocycles. The van der Waals surface area contributed by atoms with Gasteiger partial charge in [-0.3, -0.25) is 4.79 Å². The Bertz CT molecular complexity index is 788. The molecular weight excluding hydrogens is 434 g/mol. The Morgan fingerprint density at radius 1 is 1.11 bits per heavy atom. The third kappa shape index (κ3) is 5.26. The fourth-order valence-corrected chi connectivity index (χ4v) is 9.48. The van der Waals surface area contributed by atoms with Crippen LogP contribution >= 0.6 is 0 Å². The van der Waals surface area contributed by atoms with E-state index >= 15 is 0 Å². The van der Waals surface area contributed by atoms with Gasteiger partial charge in [-0.1, -0.05) is 51.7 Å². The number of allylic oxidation sites excluding steroid dienone is 1. The SMILES string of the molecule is CC.CC(=O)O.CC1=C2CC3[C@@H](CC[C@@H]4CCCC[C@]34C)C2CCC2(C1)C[C@@H]1NCC(C)C[C@H]1O2. The fraction of sp³-hybridized carbons (Fsp3) is 0.903. The van der Waals surface area contributed by atoms with Gasteiger partial charge in [0.05, 0.1) is 11.7 Å². The van der Waals surface area contributed by atoms with Crippen molar-refractivity contribution >= 4 is 5.97 Å². The second-order valence-electron chi connectivity index (χ2n) is 13.0. The number of nitrogens with one attached hydrogen (secondary N) is 1. The monoisotopic (exact) mass is 487 g/mol. The summed E-state index contributed by atoms with van der Waals surface area (Å²) in [5, 5.41) is 11.2. The van der Waals surface area contributed by atoms with E-state index < -0.39 is 5.97 Å². The third-order valence-electron chi connectivity index (χ3n) is 10.9. The average Bonchev–Trinajstić information content (AvgIpc) is 3.33. The predicted molar refractivity (Wildman–Crippen MR) is 143 cm³/mol. The Hall–Kier alpha value is -0.870. The van der Waals surface area contributed by atoms with E-state index in [1.807, 2.05) is 19.4 Å².